The molecule has 3 heteroatoms. The second-order valence-corrected chi connectivity index (χ2v) is 7.53. The van der Waals surface area contributed by atoms with E-state index in [-0.39, 0.29) is 5.41 Å². The third-order valence-electron chi connectivity index (χ3n) is 5.28. The summed E-state index contributed by atoms with van der Waals surface area (Å²) in [7, 11) is 0. The van der Waals surface area contributed by atoms with Gasteiger partial charge in [0.05, 0.1) is 5.69 Å². The van der Waals surface area contributed by atoms with Gasteiger partial charge in [0, 0.05) is 45.7 Å². The van der Waals surface area contributed by atoms with E-state index in [0.29, 0.717) is 0 Å². The van der Waals surface area contributed by atoms with Crippen LogP contribution in [0.3, 0.4) is 0 Å². The molecule has 3 aromatic rings. The molecule has 0 spiro atoms. The highest BCUT2D eigenvalue weighted by Gasteiger charge is 2.39. The molecule has 2 aliphatic rings. The van der Waals surface area contributed by atoms with Crippen molar-refractivity contribution in [1.29, 1.82) is 0 Å². The van der Waals surface area contributed by atoms with Crippen LogP contribution >= 0.6 is 11.3 Å². The van der Waals surface area contributed by atoms with Crippen molar-refractivity contribution in [2.45, 2.75) is 11.8 Å². The molecule has 0 aliphatic carbocycles. The summed E-state index contributed by atoms with van der Waals surface area (Å²) in [5, 5.41) is 3.53. The van der Waals surface area contributed by atoms with E-state index in [4.69, 9.17) is 4.98 Å². The van der Waals surface area contributed by atoms with Gasteiger partial charge in [0.1, 0.15) is 0 Å². The lowest BCUT2D eigenvalue weighted by Crippen LogP contribution is -2.33. The molecule has 4 heterocycles. The van der Waals surface area contributed by atoms with E-state index in [2.05, 4.69) is 65.0 Å². The van der Waals surface area contributed by atoms with Crippen molar-refractivity contribution >= 4 is 21.4 Å². The molecule has 0 amide bonds. The van der Waals surface area contributed by atoms with Crippen molar-refractivity contribution in [2.75, 3.05) is 19.6 Å². The van der Waals surface area contributed by atoms with Crippen molar-refractivity contribution < 1.29 is 0 Å². The van der Waals surface area contributed by atoms with Crippen molar-refractivity contribution in [1.82, 2.24) is 9.88 Å². The van der Waals surface area contributed by atoms with Gasteiger partial charge in [0.25, 0.3) is 0 Å². The van der Waals surface area contributed by atoms with Crippen LogP contribution in [-0.4, -0.2) is 29.5 Å². The van der Waals surface area contributed by atoms with E-state index in [1.165, 1.54) is 34.2 Å². The van der Waals surface area contributed by atoms with Crippen LogP contribution in [-0.2, 0) is 5.41 Å². The molecule has 2 aromatic heterocycles. The number of nitrogens with zero attached hydrogens (tertiary/aromatic N) is 2. The maximum Gasteiger partial charge on any atom is 0.0716 e. The van der Waals surface area contributed by atoms with E-state index in [0.717, 1.165) is 18.8 Å². The zero-order chi connectivity index (χ0) is 15.3. The van der Waals surface area contributed by atoms with Crippen molar-refractivity contribution in [3.05, 3.63) is 65.7 Å². The summed E-state index contributed by atoms with van der Waals surface area (Å²) < 4.78 is 1.33. The number of pyridine rings is 1. The SMILES string of the molecule is C1=CC2(c3ccc(-c4csc5ccccc45)nc3)CCN(C1)C2. The smallest absolute Gasteiger partial charge is 0.0716 e. The minimum atomic E-state index is 0.195. The molecule has 23 heavy (non-hydrogen) atoms. The molecule has 2 unspecified atom stereocenters. The zero-order valence-electron chi connectivity index (χ0n) is 12.9. The summed E-state index contributed by atoms with van der Waals surface area (Å²) in [5.74, 6) is 0. The van der Waals surface area contributed by atoms with Crippen LogP contribution in [0.5, 0.6) is 0 Å². The predicted molar refractivity (Wildman–Crippen MR) is 96.9 cm³/mol. The molecule has 0 saturated carbocycles. The first kappa shape index (κ1) is 13.5. The summed E-state index contributed by atoms with van der Waals surface area (Å²) in [6.45, 7) is 3.45. The Morgan fingerprint density at radius 1 is 1.13 bits per heavy atom. The number of aromatic nitrogens is 1. The van der Waals surface area contributed by atoms with E-state index < -0.39 is 0 Å². The molecule has 1 saturated heterocycles. The van der Waals surface area contributed by atoms with Gasteiger partial charge in [-0.15, -0.1) is 11.3 Å². The molecule has 2 nitrogen and oxygen atoms in total. The van der Waals surface area contributed by atoms with Crippen LogP contribution < -0.4 is 0 Å². The van der Waals surface area contributed by atoms with Gasteiger partial charge in [0.15, 0.2) is 0 Å². The monoisotopic (exact) mass is 318 g/mol. The van der Waals surface area contributed by atoms with Crippen LogP contribution in [0.15, 0.2) is 60.1 Å². The fourth-order valence-corrected chi connectivity index (χ4v) is 4.94. The summed E-state index contributed by atoms with van der Waals surface area (Å²) in [4.78, 5) is 7.34. The molecular weight excluding hydrogens is 300 g/mol. The predicted octanol–water partition coefficient (Wildman–Crippen LogP) is 4.48. The minimum Gasteiger partial charge on any atom is -0.298 e. The fourth-order valence-electron chi connectivity index (χ4n) is 3.99. The number of rotatable bonds is 2. The van der Waals surface area contributed by atoms with Gasteiger partial charge in [-0.25, -0.2) is 0 Å². The molecule has 5 rings (SSSR count). The number of hydrogen-bond acceptors (Lipinski definition) is 3. The van der Waals surface area contributed by atoms with E-state index in [9.17, 15) is 0 Å². The first-order valence-electron chi connectivity index (χ1n) is 8.17. The van der Waals surface area contributed by atoms with Gasteiger partial charge < -0.3 is 0 Å². The fraction of sp³-hybridized carbons (Fsp3) is 0.250. The van der Waals surface area contributed by atoms with Gasteiger partial charge >= 0.3 is 0 Å². The Labute approximate surface area is 140 Å². The quantitative estimate of drug-likeness (QED) is 0.648. The van der Waals surface area contributed by atoms with E-state index in [1.807, 2.05) is 0 Å². The Kier molecular flexibility index (Phi) is 2.94. The molecule has 1 aromatic carbocycles. The van der Waals surface area contributed by atoms with E-state index in [1.54, 1.807) is 11.3 Å². The number of hydrogen-bond donors (Lipinski definition) is 0. The Morgan fingerprint density at radius 3 is 3.00 bits per heavy atom. The lowest BCUT2D eigenvalue weighted by atomic mass is 9.79. The van der Waals surface area contributed by atoms with Crippen LogP contribution in [0.25, 0.3) is 21.3 Å². The number of thiophene rings is 1. The minimum absolute atomic E-state index is 0.195. The van der Waals surface area contributed by atoms with Crippen molar-refractivity contribution in [2.24, 2.45) is 0 Å². The van der Waals surface area contributed by atoms with Crippen LogP contribution in [0.4, 0.5) is 0 Å². The topological polar surface area (TPSA) is 16.1 Å². The third-order valence-corrected chi connectivity index (χ3v) is 6.24. The molecular formula is C20H18N2S. The number of benzene rings is 1. The first-order chi connectivity index (χ1) is 11.3. The maximum absolute atomic E-state index is 4.81. The largest absolute Gasteiger partial charge is 0.298 e. The van der Waals surface area contributed by atoms with Crippen molar-refractivity contribution in [3.8, 4) is 11.3 Å². The summed E-state index contributed by atoms with van der Waals surface area (Å²) >= 11 is 1.79. The molecule has 0 N–H and O–H groups in total. The highest BCUT2D eigenvalue weighted by atomic mass is 32.1. The molecule has 2 aliphatic heterocycles. The van der Waals surface area contributed by atoms with Gasteiger partial charge in [-0.1, -0.05) is 36.4 Å². The maximum atomic E-state index is 4.81. The van der Waals surface area contributed by atoms with Crippen LogP contribution in [0.1, 0.15) is 12.0 Å². The zero-order valence-corrected chi connectivity index (χ0v) is 13.7. The van der Waals surface area contributed by atoms with Crippen LogP contribution in [0.2, 0.25) is 0 Å². The molecule has 2 bridgehead atoms. The van der Waals surface area contributed by atoms with Gasteiger partial charge in [-0.2, -0.15) is 0 Å². The second-order valence-electron chi connectivity index (χ2n) is 6.62. The third kappa shape index (κ3) is 2.07. The Balaban J connectivity index is 1.55. The highest BCUT2D eigenvalue weighted by molar-refractivity contribution is 7.17. The van der Waals surface area contributed by atoms with Gasteiger partial charge in [-0.3, -0.25) is 9.88 Å². The standard InChI is InChI=1S/C20H18N2S/c1-2-5-19-16(4-1)17(13-23-19)18-7-6-15(12-21-18)20-8-3-10-22(14-20)11-9-20/h1-8,12-13H,9-11,14H2. The molecule has 114 valence electrons. The normalized spacial score (nSPS) is 26.0. The lowest BCUT2D eigenvalue weighted by Gasteiger charge is -2.29. The van der Waals surface area contributed by atoms with Crippen LogP contribution in [0, 0.1) is 0 Å². The average Bonchev–Trinajstić information content (AvgIpc) is 3.17. The Morgan fingerprint density at radius 2 is 2.09 bits per heavy atom. The number of fused-ring (bicyclic) bond motifs is 3. The van der Waals surface area contributed by atoms with Gasteiger partial charge in [0.2, 0.25) is 0 Å². The average molecular weight is 318 g/mol. The highest BCUT2D eigenvalue weighted by Crippen LogP contribution is 2.39. The molecule has 2 atom stereocenters. The Bertz CT molecular complexity index is 893. The Hall–Kier alpha value is -1.97. The first-order valence-corrected chi connectivity index (χ1v) is 9.05. The molecule has 1 fully saturated rings. The summed E-state index contributed by atoms with van der Waals surface area (Å²) in [6.07, 6.45) is 8.04. The lowest BCUT2D eigenvalue weighted by molar-refractivity contribution is 0.345. The summed E-state index contributed by atoms with van der Waals surface area (Å²) in [5.41, 5.74) is 3.89. The second kappa shape index (κ2) is 5.02. The molecule has 0 radical (unpaired) electrons. The van der Waals surface area contributed by atoms with E-state index >= 15 is 0 Å². The summed E-state index contributed by atoms with van der Waals surface area (Å²) in [6, 6.07) is 13.0. The van der Waals surface area contributed by atoms with Crippen molar-refractivity contribution in [3.63, 3.8) is 0 Å². The van der Waals surface area contributed by atoms with Gasteiger partial charge in [-0.05, 0) is 30.7 Å².